The van der Waals surface area contributed by atoms with Crippen molar-refractivity contribution in [1.82, 2.24) is 21.9 Å². The second-order valence-corrected chi connectivity index (χ2v) is 7.76. The maximum atomic E-state index is 3.08. The molecule has 0 aliphatic carbocycles. The van der Waals surface area contributed by atoms with E-state index in [0.29, 0.717) is 0 Å². The summed E-state index contributed by atoms with van der Waals surface area (Å²) in [4.78, 5) is 0. The number of rotatable bonds is 11. The normalized spacial score (nSPS) is 16.2. The standard InChI is InChI=1S/C14H30.C8H20N4.Co/c1-3-5-7-9-11-13-14-12-10-8-6-4-2;1-2-4-6-8-10-12-11-9-7-5-3-1;/h3-14H2,1-2H3;9-12H,1-8H2;. The van der Waals surface area contributed by atoms with E-state index in [9.17, 15) is 0 Å². The Bertz CT molecular complexity index is 187. The summed E-state index contributed by atoms with van der Waals surface area (Å²) in [6.07, 6.45) is 25.4. The Morgan fingerprint density at radius 2 is 0.741 bits per heavy atom. The molecule has 0 aromatic heterocycles. The van der Waals surface area contributed by atoms with Gasteiger partial charge in [0.2, 0.25) is 0 Å². The molecule has 0 unspecified atom stereocenters. The van der Waals surface area contributed by atoms with Crippen molar-refractivity contribution in [2.75, 3.05) is 13.1 Å². The van der Waals surface area contributed by atoms with Crippen molar-refractivity contribution < 1.29 is 16.8 Å². The van der Waals surface area contributed by atoms with Crippen LogP contribution in [0.1, 0.15) is 129 Å². The third kappa shape index (κ3) is 28.7. The van der Waals surface area contributed by atoms with E-state index < -0.39 is 0 Å². The molecule has 0 aromatic carbocycles. The maximum Gasteiger partial charge on any atom is 0.0113 e. The predicted octanol–water partition coefficient (Wildman–Crippen LogP) is 6.15. The molecule has 1 heterocycles. The van der Waals surface area contributed by atoms with E-state index in [-0.39, 0.29) is 16.8 Å². The first-order valence-electron chi connectivity index (χ1n) is 11.9. The van der Waals surface area contributed by atoms with Crippen molar-refractivity contribution in [2.24, 2.45) is 0 Å². The van der Waals surface area contributed by atoms with Crippen molar-refractivity contribution in [2.45, 2.75) is 129 Å². The van der Waals surface area contributed by atoms with E-state index in [4.69, 9.17) is 0 Å². The van der Waals surface area contributed by atoms with Crippen LogP contribution in [0, 0.1) is 0 Å². The van der Waals surface area contributed by atoms with Gasteiger partial charge in [-0.15, -0.1) is 0 Å². The summed E-state index contributed by atoms with van der Waals surface area (Å²) < 4.78 is 0. The zero-order valence-electron chi connectivity index (χ0n) is 18.5. The van der Waals surface area contributed by atoms with Crippen LogP contribution in [0.15, 0.2) is 0 Å². The number of hydrogen-bond acceptors (Lipinski definition) is 4. The molecular formula is C22H50CoN4. The number of hydrogen-bond donors (Lipinski definition) is 4. The summed E-state index contributed by atoms with van der Waals surface area (Å²) in [5, 5.41) is 0. The fourth-order valence-electron chi connectivity index (χ4n) is 3.26. The third-order valence-electron chi connectivity index (χ3n) is 5.05. The Labute approximate surface area is 181 Å². The van der Waals surface area contributed by atoms with Gasteiger partial charge in [-0.2, -0.15) is 11.1 Å². The molecule has 0 aromatic rings. The smallest absolute Gasteiger partial charge is 0.0113 e. The van der Waals surface area contributed by atoms with Gasteiger partial charge in [0.15, 0.2) is 0 Å². The van der Waals surface area contributed by atoms with Crippen molar-refractivity contribution in [1.29, 1.82) is 0 Å². The maximum absolute atomic E-state index is 3.08. The van der Waals surface area contributed by atoms with Crippen molar-refractivity contribution >= 4 is 0 Å². The minimum absolute atomic E-state index is 0. The minimum Gasteiger partial charge on any atom is -0.243 e. The summed E-state index contributed by atoms with van der Waals surface area (Å²) in [6, 6.07) is 0. The summed E-state index contributed by atoms with van der Waals surface area (Å²) in [7, 11) is 0. The Morgan fingerprint density at radius 3 is 1.07 bits per heavy atom. The second-order valence-electron chi connectivity index (χ2n) is 7.76. The van der Waals surface area contributed by atoms with E-state index in [0.717, 1.165) is 13.1 Å². The number of nitrogens with one attached hydrogen (secondary N) is 4. The van der Waals surface area contributed by atoms with Gasteiger partial charge in [-0.25, -0.2) is 10.9 Å². The fourth-order valence-corrected chi connectivity index (χ4v) is 3.26. The molecule has 0 spiro atoms. The monoisotopic (exact) mass is 429 g/mol. The van der Waals surface area contributed by atoms with E-state index in [1.165, 1.54) is 116 Å². The van der Waals surface area contributed by atoms with Gasteiger partial charge in [0, 0.05) is 29.9 Å². The Kier molecular flexibility index (Phi) is 31.2. The first kappa shape index (κ1) is 29.5. The average molecular weight is 430 g/mol. The van der Waals surface area contributed by atoms with Gasteiger partial charge in [-0.05, 0) is 12.8 Å². The minimum atomic E-state index is 0. The molecule has 0 atom stereocenters. The molecule has 167 valence electrons. The van der Waals surface area contributed by atoms with Crippen LogP contribution in [-0.2, 0) is 16.8 Å². The summed E-state index contributed by atoms with van der Waals surface area (Å²) in [5.41, 5.74) is 11.9. The van der Waals surface area contributed by atoms with Crippen LogP contribution < -0.4 is 21.9 Å². The van der Waals surface area contributed by atoms with Gasteiger partial charge < -0.3 is 0 Å². The molecule has 0 amide bonds. The molecule has 1 aliphatic rings. The molecule has 0 saturated carbocycles. The Morgan fingerprint density at radius 1 is 0.444 bits per heavy atom. The van der Waals surface area contributed by atoms with E-state index in [1.807, 2.05) is 0 Å². The van der Waals surface area contributed by atoms with Gasteiger partial charge in [0.25, 0.3) is 0 Å². The van der Waals surface area contributed by atoms with Crippen molar-refractivity contribution in [3.05, 3.63) is 0 Å². The van der Waals surface area contributed by atoms with Crippen LogP contribution in [0.5, 0.6) is 0 Å². The Hall–Kier alpha value is 0.346. The van der Waals surface area contributed by atoms with Gasteiger partial charge in [0.05, 0.1) is 0 Å². The summed E-state index contributed by atoms with van der Waals surface area (Å²) in [5.74, 6) is 0. The quantitative estimate of drug-likeness (QED) is 0.298. The zero-order valence-corrected chi connectivity index (χ0v) is 19.5. The fraction of sp³-hybridized carbons (Fsp3) is 1.00. The largest absolute Gasteiger partial charge is 0.243 e. The first-order valence-corrected chi connectivity index (χ1v) is 11.9. The van der Waals surface area contributed by atoms with Crippen LogP contribution in [0.4, 0.5) is 0 Å². The average Bonchev–Trinajstić information content (AvgIpc) is 2.64. The molecule has 1 aliphatic heterocycles. The molecule has 1 saturated heterocycles. The van der Waals surface area contributed by atoms with Crippen LogP contribution in [0.2, 0.25) is 0 Å². The number of unbranched alkanes of at least 4 members (excludes halogenated alkanes) is 11. The van der Waals surface area contributed by atoms with Crippen LogP contribution in [-0.4, -0.2) is 13.1 Å². The molecular weight excluding hydrogens is 379 g/mol. The third-order valence-corrected chi connectivity index (χ3v) is 5.05. The van der Waals surface area contributed by atoms with Gasteiger partial charge >= 0.3 is 0 Å². The zero-order chi connectivity index (χ0) is 19.0. The van der Waals surface area contributed by atoms with Gasteiger partial charge in [-0.1, -0.05) is 117 Å². The van der Waals surface area contributed by atoms with Crippen LogP contribution in [0.25, 0.3) is 0 Å². The molecule has 27 heavy (non-hydrogen) atoms. The van der Waals surface area contributed by atoms with E-state index in [1.54, 1.807) is 0 Å². The SMILES string of the molecule is C1CCCCNNNNCCC1.CCCCCCCCCCCCCC.[Co]. The van der Waals surface area contributed by atoms with Crippen LogP contribution in [0.3, 0.4) is 0 Å². The van der Waals surface area contributed by atoms with Gasteiger partial charge in [0.1, 0.15) is 0 Å². The van der Waals surface area contributed by atoms with E-state index >= 15 is 0 Å². The topological polar surface area (TPSA) is 48.1 Å². The van der Waals surface area contributed by atoms with Crippen molar-refractivity contribution in [3.63, 3.8) is 0 Å². The molecule has 0 bridgehead atoms. The number of hydrazine groups is 3. The van der Waals surface area contributed by atoms with Crippen molar-refractivity contribution in [3.8, 4) is 0 Å². The molecule has 4 N–H and O–H groups in total. The Balaban J connectivity index is 0. The van der Waals surface area contributed by atoms with E-state index in [2.05, 4.69) is 35.8 Å². The molecule has 5 heteroatoms. The molecule has 4 nitrogen and oxygen atoms in total. The molecule has 1 fully saturated rings. The van der Waals surface area contributed by atoms with Crippen LogP contribution >= 0.6 is 0 Å². The second kappa shape index (κ2) is 28.6. The predicted molar refractivity (Wildman–Crippen MR) is 117 cm³/mol. The van der Waals surface area contributed by atoms with Gasteiger partial charge in [-0.3, -0.25) is 0 Å². The molecule has 1 radical (unpaired) electrons. The summed E-state index contributed by atoms with van der Waals surface area (Å²) >= 11 is 0. The first-order chi connectivity index (χ1) is 12.9. The summed E-state index contributed by atoms with van der Waals surface area (Å²) in [6.45, 7) is 6.64. The molecule has 1 rings (SSSR count).